The van der Waals surface area contributed by atoms with Gasteiger partial charge in [0.2, 0.25) is 5.91 Å². The summed E-state index contributed by atoms with van der Waals surface area (Å²) in [5, 5.41) is 15.7. The third kappa shape index (κ3) is 18.7. The highest BCUT2D eigenvalue weighted by molar-refractivity contribution is 5.77. The summed E-state index contributed by atoms with van der Waals surface area (Å²) >= 11 is 0. The summed E-state index contributed by atoms with van der Waals surface area (Å²) in [5.74, 6) is -0.685. The number of primary amides is 1. The molecule has 0 aromatic heterocycles. The number of carbonyl (C=O) groups is 1. The number of hydrogen-bond donors (Lipinski definition) is 3. The summed E-state index contributed by atoms with van der Waals surface area (Å²) in [7, 11) is 0. The van der Waals surface area contributed by atoms with Crippen LogP contribution in [0.25, 0.3) is 0 Å². The fraction of sp³-hybridized carbons (Fsp3) is 0.800. The zero-order valence-electron chi connectivity index (χ0n) is 5.66. The van der Waals surface area contributed by atoms with E-state index in [4.69, 9.17) is 10.2 Å². The summed E-state index contributed by atoms with van der Waals surface area (Å²) in [6.07, 6.45) is -1.01. The van der Waals surface area contributed by atoms with Gasteiger partial charge in [-0.15, -0.1) is 0 Å². The van der Waals surface area contributed by atoms with Crippen LogP contribution in [-0.2, 0) is 4.79 Å². The maximum atomic E-state index is 9.67. The topological polar surface area (TPSA) is 83.5 Å². The van der Waals surface area contributed by atoms with Crippen LogP contribution in [0.2, 0.25) is 0 Å². The Hall–Kier alpha value is -0.610. The van der Waals surface area contributed by atoms with Gasteiger partial charge in [-0.05, 0) is 13.8 Å². The van der Waals surface area contributed by atoms with Gasteiger partial charge in [0.05, 0.1) is 0 Å². The van der Waals surface area contributed by atoms with Gasteiger partial charge in [-0.2, -0.15) is 0 Å². The fourth-order valence-corrected chi connectivity index (χ4v) is 0. The molecule has 1 atom stereocenters. The zero-order valence-corrected chi connectivity index (χ0v) is 5.66. The molecule has 1 unspecified atom stereocenters. The summed E-state index contributed by atoms with van der Waals surface area (Å²) in [5.41, 5.74) is 4.55. The molecule has 0 heterocycles. The molecule has 0 bridgehead atoms. The van der Waals surface area contributed by atoms with Crippen LogP contribution >= 0.6 is 0 Å². The molecule has 56 valence electrons. The van der Waals surface area contributed by atoms with E-state index >= 15 is 0 Å². The van der Waals surface area contributed by atoms with Crippen LogP contribution in [-0.4, -0.2) is 28.8 Å². The van der Waals surface area contributed by atoms with Crippen molar-refractivity contribution in [3.63, 3.8) is 0 Å². The van der Waals surface area contributed by atoms with Crippen LogP contribution < -0.4 is 5.73 Å². The number of amides is 1. The van der Waals surface area contributed by atoms with E-state index in [9.17, 15) is 4.79 Å². The van der Waals surface area contributed by atoms with E-state index in [-0.39, 0.29) is 6.61 Å². The molecule has 0 saturated heterocycles. The Labute approximate surface area is 54.3 Å². The van der Waals surface area contributed by atoms with E-state index in [1.54, 1.807) is 6.92 Å². The van der Waals surface area contributed by atoms with Crippen molar-refractivity contribution < 1.29 is 15.0 Å². The highest BCUT2D eigenvalue weighted by atomic mass is 16.3. The summed E-state index contributed by atoms with van der Waals surface area (Å²) in [6, 6.07) is 0. The van der Waals surface area contributed by atoms with Gasteiger partial charge in [-0.3, -0.25) is 4.79 Å². The predicted octanol–water partition coefficient (Wildman–Crippen LogP) is -1.15. The third-order valence-corrected chi connectivity index (χ3v) is 0.412. The van der Waals surface area contributed by atoms with Crippen LogP contribution in [0.3, 0.4) is 0 Å². The molecule has 0 rings (SSSR count). The Balaban J connectivity index is 0. The molecular formula is C5H13NO3. The van der Waals surface area contributed by atoms with Gasteiger partial charge >= 0.3 is 0 Å². The SMILES string of the molecule is CC(O)C(N)=O.CCO. The van der Waals surface area contributed by atoms with Crippen molar-refractivity contribution in [1.82, 2.24) is 0 Å². The average molecular weight is 135 g/mol. The van der Waals surface area contributed by atoms with Gasteiger partial charge in [0.25, 0.3) is 0 Å². The standard InChI is InChI=1S/C3H7NO2.C2H6O/c1-2(5)3(4)6;1-2-3/h2,5H,1H3,(H2,4,6);3H,2H2,1H3. The van der Waals surface area contributed by atoms with Crippen molar-refractivity contribution in [2.24, 2.45) is 5.73 Å². The molecular weight excluding hydrogens is 122 g/mol. The lowest BCUT2D eigenvalue weighted by molar-refractivity contribution is -0.125. The summed E-state index contributed by atoms with van der Waals surface area (Å²) in [4.78, 5) is 9.67. The number of aliphatic hydroxyl groups excluding tert-OH is 2. The Kier molecular flexibility index (Phi) is 9.21. The zero-order chi connectivity index (χ0) is 7.86. The highest BCUT2D eigenvalue weighted by Crippen LogP contribution is 1.70. The van der Waals surface area contributed by atoms with Crippen LogP contribution in [0.5, 0.6) is 0 Å². The van der Waals surface area contributed by atoms with Crippen molar-refractivity contribution in [2.45, 2.75) is 20.0 Å². The monoisotopic (exact) mass is 135 g/mol. The minimum atomic E-state index is -1.01. The molecule has 0 aromatic rings. The second-order valence-corrected chi connectivity index (χ2v) is 1.39. The lowest BCUT2D eigenvalue weighted by atomic mass is 10.4. The van der Waals surface area contributed by atoms with E-state index in [2.05, 4.69) is 5.73 Å². The van der Waals surface area contributed by atoms with Crippen LogP contribution in [0, 0.1) is 0 Å². The average Bonchev–Trinajstić information content (AvgIpc) is 1.68. The van der Waals surface area contributed by atoms with Gasteiger partial charge in [0.1, 0.15) is 6.10 Å². The smallest absolute Gasteiger partial charge is 0.245 e. The van der Waals surface area contributed by atoms with E-state index < -0.39 is 12.0 Å². The first kappa shape index (κ1) is 11.2. The molecule has 9 heavy (non-hydrogen) atoms. The summed E-state index contributed by atoms with van der Waals surface area (Å²) in [6.45, 7) is 3.25. The summed E-state index contributed by atoms with van der Waals surface area (Å²) < 4.78 is 0. The van der Waals surface area contributed by atoms with Gasteiger partial charge < -0.3 is 15.9 Å². The number of rotatable bonds is 1. The number of nitrogens with two attached hydrogens (primary N) is 1. The van der Waals surface area contributed by atoms with Crippen molar-refractivity contribution in [3.05, 3.63) is 0 Å². The number of carbonyl (C=O) groups excluding carboxylic acids is 1. The molecule has 0 spiro atoms. The molecule has 4 nitrogen and oxygen atoms in total. The lowest BCUT2D eigenvalue weighted by Gasteiger charge is -1.90. The van der Waals surface area contributed by atoms with Gasteiger partial charge in [0.15, 0.2) is 0 Å². The molecule has 0 fully saturated rings. The van der Waals surface area contributed by atoms with Gasteiger partial charge in [-0.1, -0.05) is 0 Å². The normalized spacial score (nSPS) is 11.1. The second kappa shape index (κ2) is 7.39. The Morgan fingerprint density at radius 3 is 1.89 bits per heavy atom. The molecule has 0 aliphatic carbocycles. The Morgan fingerprint density at radius 1 is 1.78 bits per heavy atom. The predicted molar refractivity (Wildman–Crippen MR) is 33.6 cm³/mol. The number of aliphatic hydroxyl groups is 2. The molecule has 4 N–H and O–H groups in total. The number of hydrogen-bond acceptors (Lipinski definition) is 3. The van der Waals surface area contributed by atoms with E-state index in [1.807, 2.05) is 0 Å². The molecule has 0 aliphatic heterocycles. The molecule has 4 heteroatoms. The first-order valence-electron chi connectivity index (χ1n) is 2.64. The van der Waals surface area contributed by atoms with Crippen molar-refractivity contribution >= 4 is 5.91 Å². The molecule has 0 saturated carbocycles. The highest BCUT2D eigenvalue weighted by Gasteiger charge is 1.98. The first-order chi connectivity index (χ1) is 4.06. The van der Waals surface area contributed by atoms with Crippen LogP contribution in [0.4, 0.5) is 0 Å². The van der Waals surface area contributed by atoms with E-state index in [0.29, 0.717) is 0 Å². The van der Waals surface area contributed by atoms with Gasteiger partial charge in [-0.25, -0.2) is 0 Å². The molecule has 1 amide bonds. The van der Waals surface area contributed by atoms with Crippen LogP contribution in [0.1, 0.15) is 13.8 Å². The fourth-order valence-electron chi connectivity index (χ4n) is 0. The van der Waals surface area contributed by atoms with Gasteiger partial charge in [0, 0.05) is 6.61 Å². The maximum absolute atomic E-state index is 9.67. The largest absolute Gasteiger partial charge is 0.397 e. The van der Waals surface area contributed by atoms with Crippen molar-refractivity contribution in [1.29, 1.82) is 0 Å². The lowest BCUT2D eigenvalue weighted by Crippen LogP contribution is -2.24. The van der Waals surface area contributed by atoms with Crippen molar-refractivity contribution in [2.75, 3.05) is 6.61 Å². The van der Waals surface area contributed by atoms with E-state index in [0.717, 1.165) is 0 Å². The minimum absolute atomic E-state index is 0.250. The quantitative estimate of drug-likeness (QED) is 0.424. The molecule has 0 aromatic carbocycles. The first-order valence-corrected chi connectivity index (χ1v) is 2.64. The second-order valence-electron chi connectivity index (χ2n) is 1.39. The molecule has 0 radical (unpaired) electrons. The van der Waals surface area contributed by atoms with E-state index in [1.165, 1.54) is 6.92 Å². The van der Waals surface area contributed by atoms with Crippen molar-refractivity contribution in [3.8, 4) is 0 Å². The third-order valence-electron chi connectivity index (χ3n) is 0.412. The maximum Gasteiger partial charge on any atom is 0.245 e. The molecule has 0 aliphatic rings. The van der Waals surface area contributed by atoms with Crippen LogP contribution in [0.15, 0.2) is 0 Å². The Morgan fingerprint density at radius 2 is 1.89 bits per heavy atom. The minimum Gasteiger partial charge on any atom is -0.397 e. The Bertz CT molecular complexity index is 72.6.